The van der Waals surface area contributed by atoms with Gasteiger partial charge in [-0.25, -0.2) is 8.42 Å². The molecular formula is C20H32N2O4S. The van der Waals surface area contributed by atoms with Crippen LogP contribution in [-0.2, 0) is 14.6 Å². The summed E-state index contributed by atoms with van der Waals surface area (Å²) in [6, 6.07) is 6.42. The molecule has 0 aliphatic carbocycles. The standard InChI is InChI=1S/C20H32N2O4S/c1-17(22-13-6-4-5-7-14-22)20(23)21(2)12-9-15-26-18-10-8-11-19(16-18)27(3,24)25/h8,10-11,16-17H,4-7,9,12-15H2,1-3H3. The van der Waals surface area contributed by atoms with Crippen molar-refractivity contribution < 1.29 is 17.9 Å². The summed E-state index contributed by atoms with van der Waals surface area (Å²) in [5.74, 6) is 0.681. The number of hydrogen-bond donors (Lipinski definition) is 0. The summed E-state index contributed by atoms with van der Waals surface area (Å²) in [7, 11) is -1.41. The van der Waals surface area contributed by atoms with Crippen molar-refractivity contribution in [2.75, 3.05) is 39.5 Å². The van der Waals surface area contributed by atoms with Crippen LogP contribution in [0, 0.1) is 0 Å². The molecule has 1 aromatic rings. The Labute approximate surface area is 163 Å². The van der Waals surface area contributed by atoms with Crippen molar-refractivity contribution in [3.05, 3.63) is 24.3 Å². The number of hydrogen-bond acceptors (Lipinski definition) is 5. The van der Waals surface area contributed by atoms with Crippen LogP contribution in [0.5, 0.6) is 5.75 Å². The first-order valence-corrected chi connectivity index (χ1v) is 11.6. The Morgan fingerprint density at radius 1 is 1.22 bits per heavy atom. The highest BCUT2D eigenvalue weighted by atomic mass is 32.2. The maximum Gasteiger partial charge on any atom is 0.239 e. The lowest BCUT2D eigenvalue weighted by Gasteiger charge is -2.30. The van der Waals surface area contributed by atoms with Gasteiger partial charge in [0.05, 0.1) is 17.5 Å². The van der Waals surface area contributed by atoms with Crippen molar-refractivity contribution in [3.8, 4) is 5.75 Å². The van der Waals surface area contributed by atoms with Crippen LogP contribution >= 0.6 is 0 Å². The summed E-state index contributed by atoms with van der Waals surface area (Å²) in [5.41, 5.74) is 0. The van der Waals surface area contributed by atoms with Crippen LogP contribution in [0.25, 0.3) is 0 Å². The van der Waals surface area contributed by atoms with Gasteiger partial charge in [0.2, 0.25) is 5.91 Å². The molecule has 1 aliphatic rings. The molecule has 7 heteroatoms. The predicted octanol–water partition coefficient (Wildman–Crippen LogP) is 2.58. The summed E-state index contributed by atoms with van der Waals surface area (Å²) < 4.78 is 28.8. The predicted molar refractivity (Wildman–Crippen MR) is 107 cm³/mol. The molecule has 0 N–H and O–H groups in total. The van der Waals surface area contributed by atoms with Gasteiger partial charge in [-0.2, -0.15) is 0 Å². The molecule has 2 rings (SSSR count). The lowest BCUT2D eigenvalue weighted by Crippen LogP contribution is -2.46. The van der Waals surface area contributed by atoms with Gasteiger partial charge in [0.25, 0.3) is 0 Å². The van der Waals surface area contributed by atoms with E-state index in [4.69, 9.17) is 4.74 Å². The van der Waals surface area contributed by atoms with Crippen LogP contribution in [0.3, 0.4) is 0 Å². The van der Waals surface area contributed by atoms with Gasteiger partial charge >= 0.3 is 0 Å². The molecule has 0 aromatic heterocycles. The van der Waals surface area contributed by atoms with Crippen molar-refractivity contribution in [2.45, 2.75) is 50.0 Å². The second-order valence-electron chi connectivity index (χ2n) is 7.33. The number of carbonyl (C=O) groups is 1. The summed E-state index contributed by atoms with van der Waals surface area (Å²) in [6.45, 7) is 5.05. The third-order valence-electron chi connectivity index (χ3n) is 5.06. The number of rotatable bonds is 8. The molecule has 6 nitrogen and oxygen atoms in total. The number of likely N-dealkylation sites (N-methyl/N-ethyl adjacent to an activating group) is 1. The number of nitrogens with zero attached hydrogens (tertiary/aromatic N) is 2. The maximum atomic E-state index is 12.7. The molecular weight excluding hydrogens is 364 g/mol. The summed E-state index contributed by atoms with van der Waals surface area (Å²) >= 11 is 0. The largest absolute Gasteiger partial charge is 0.493 e. The smallest absolute Gasteiger partial charge is 0.239 e. The lowest BCUT2D eigenvalue weighted by molar-refractivity contribution is -0.135. The molecule has 0 spiro atoms. The summed E-state index contributed by atoms with van der Waals surface area (Å²) in [5, 5.41) is 0. The van der Waals surface area contributed by atoms with Gasteiger partial charge in [-0.15, -0.1) is 0 Å². The van der Waals surface area contributed by atoms with E-state index in [9.17, 15) is 13.2 Å². The van der Waals surface area contributed by atoms with E-state index in [0.717, 1.165) is 13.1 Å². The Morgan fingerprint density at radius 3 is 2.52 bits per heavy atom. The highest BCUT2D eigenvalue weighted by Gasteiger charge is 2.24. The van der Waals surface area contributed by atoms with Crippen LogP contribution in [0.15, 0.2) is 29.2 Å². The van der Waals surface area contributed by atoms with Gasteiger partial charge < -0.3 is 9.64 Å². The molecule has 152 valence electrons. The molecule has 1 unspecified atom stereocenters. The monoisotopic (exact) mass is 396 g/mol. The second kappa shape index (κ2) is 10.1. The minimum Gasteiger partial charge on any atom is -0.493 e. The van der Waals surface area contributed by atoms with Gasteiger partial charge in [-0.05, 0) is 57.5 Å². The van der Waals surface area contributed by atoms with Gasteiger partial charge in [0, 0.05) is 19.8 Å². The van der Waals surface area contributed by atoms with Gasteiger partial charge in [-0.3, -0.25) is 9.69 Å². The van der Waals surface area contributed by atoms with Crippen LogP contribution < -0.4 is 4.74 Å². The quantitative estimate of drug-likeness (QED) is 0.632. The number of likely N-dealkylation sites (tertiary alicyclic amines) is 1. The van der Waals surface area contributed by atoms with Crippen molar-refractivity contribution in [1.82, 2.24) is 9.80 Å². The van der Waals surface area contributed by atoms with E-state index in [0.29, 0.717) is 25.3 Å². The number of sulfone groups is 1. The number of ether oxygens (including phenoxy) is 1. The Kier molecular flexibility index (Phi) is 8.10. The Morgan fingerprint density at radius 2 is 1.89 bits per heavy atom. The zero-order chi connectivity index (χ0) is 19.9. The van der Waals surface area contributed by atoms with E-state index in [2.05, 4.69) is 4.90 Å². The van der Waals surface area contributed by atoms with Crippen molar-refractivity contribution >= 4 is 15.7 Å². The second-order valence-corrected chi connectivity index (χ2v) is 9.35. The van der Waals surface area contributed by atoms with E-state index in [1.54, 1.807) is 23.1 Å². The number of amides is 1. The van der Waals surface area contributed by atoms with E-state index in [1.165, 1.54) is 38.0 Å². The molecule has 0 saturated carbocycles. The molecule has 0 radical (unpaired) electrons. The van der Waals surface area contributed by atoms with E-state index in [1.807, 2.05) is 14.0 Å². The van der Waals surface area contributed by atoms with Gasteiger partial charge in [0.1, 0.15) is 5.75 Å². The third-order valence-corrected chi connectivity index (χ3v) is 6.17. The Balaban J connectivity index is 1.76. The molecule has 0 bridgehead atoms. The van der Waals surface area contributed by atoms with E-state index < -0.39 is 9.84 Å². The topological polar surface area (TPSA) is 66.9 Å². The zero-order valence-electron chi connectivity index (χ0n) is 16.7. The van der Waals surface area contributed by atoms with Crippen LogP contribution in [-0.4, -0.2) is 69.7 Å². The minimum atomic E-state index is -3.24. The zero-order valence-corrected chi connectivity index (χ0v) is 17.5. The van der Waals surface area contributed by atoms with Crippen LogP contribution in [0.4, 0.5) is 0 Å². The molecule has 1 saturated heterocycles. The first kappa shape index (κ1) is 21.7. The lowest BCUT2D eigenvalue weighted by atomic mass is 10.2. The van der Waals surface area contributed by atoms with Gasteiger partial charge in [0.15, 0.2) is 9.84 Å². The van der Waals surface area contributed by atoms with Crippen molar-refractivity contribution in [1.29, 1.82) is 0 Å². The van der Waals surface area contributed by atoms with Gasteiger partial charge in [-0.1, -0.05) is 18.9 Å². The van der Waals surface area contributed by atoms with E-state index >= 15 is 0 Å². The first-order valence-electron chi connectivity index (χ1n) is 9.71. The van der Waals surface area contributed by atoms with Crippen LogP contribution in [0.2, 0.25) is 0 Å². The highest BCUT2D eigenvalue weighted by molar-refractivity contribution is 7.90. The summed E-state index contributed by atoms with van der Waals surface area (Å²) in [4.78, 5) is 17.0. The molecule has 27 heavy (non-hydrogen) atoms. The fourth-order valence-corrected chi connectivity index (χ4v) is 4.01. The molecule has 1 atom stereocenters. The normalized spacial score (nSPS) is 17.1. The Bertz CT molecular complexity index is 712. The fraction of sp³-hybridized carbons (Fsp3) is 0.650. The maximum absolute atomic E-state index is 12.7. The molecule has 1 amide bonds. The minimum absolute atomic E-state index is 0.0829. The van der Waals surface area contributed by atoms with Crippen LogP contribution in [0.1, 0.15) is 39.0 Å². The number of carbonyl (C=O) groups excluding carboxylic acids is 1. The average molecular weight is 397 g/mol. The Hall–Kier alpha value is -1.60. The van der Waals surface area contributed by atoms with E-state index in [-0.39, 0.29) is 16.8 Å². The summed E-state index contributed by atoms with van der Waals surface area (Å²) in [6.07, 6.45) is 6.72. The molecule has 1 fully saturated rings. The van der Waals surface area contributed by atoms with Crippen molar-refractivity contribution in [2.24, 2.45) is 0 Å². The first-order chi connectivity index (χ1) is 12.8. The SMILES string of the molecule is CC(C(=O)N(C)CCCOc1cccc(S(C)(=O)=O)c1)N1CCCCCC1. The highest BCUT2D eigenvalue weighted by Crippen LogP contribution is 2.18. The van der Waals surface area contributed by atoms with Crippen molar-refractivity contribution in [3.63, 3.8) is 0 Å². The average Bonchev–Trinajstić information content (AvgIpc) is 2.93. The molecule has 1 heterocycles. The molecule has 1 aromatic carbocycles. The molecule has 1 aliphatic heterocycles. The number of benzene rings is 1. The fourth-order valence-electron chi connectivity index (χ4n) is 3.35. The third kappa shape index (κ3) is 6.81.